The van der Waals surface area contributed by atoms with Gasteiger partial charge in [0.05, 0.1) is 5.56 Å². The van der Waals surface area contributed by atoms with Crippen LogP contribution in [-0.4, -0.2) is 37.5 Å². The minimum Gasteiger partial charge on any atom is -0.461 e. The van der Waals surface area contributed by atoms with Crippen molar-refractivity contribution in [2.45, 2.75) is 25.7 Å². The number of hydrogen-bond donors (Lipinski definition) is 1. The van der Waals surface area contributed by atoms with Crippen LogP contribution in [-0.2, 0) is 11.2 Å². The van der Waals surface area contributed by atoms with Crippen molar-refractivity contribution >= 4 is 5.91 Å². The lowest BCUT2D eigenvalue weighted by Gasteiger charge is -2.32. The molecule has 1 aliphatic heterocycles. The highest BCUT2D eigenvalue weighted by molar-refractivity contribution is 5.76. The van der Waals surface area contributed by atoms with Gasteiger partial charge in [0.1, 0.15) is 17.3 Å². The molecule has 2 aromatic rings. The lowest BCUT2D eigenvalue weighted by molar-refractivity contribution is -0.132. The molecule has 1 amide bonds. The summed E-state index contributed by atoms with van der Waals surface area (Å²) in [4.78, 5) is 14.3. The molecular weight excluding hydrogens is 319 g/mol. The zero-order valence-electron chi connectivity index (χ0n) is 14.6. The Balaban J connectivity index is 1.51. The Labute approximate surface area is 148 Å². The summed E-state index contributed by atoms with van der Waals surface area (Å²) in [6, 6.07) is 10.1. The van der Waals surface area contributed by atoms with Gasteiger partial charge >= 0.3 is 0 Å². The van der Waals surface area contributed by atoms with Gasteiger partial charge in [-0.3, -0.25) is 4.79 Å². The van der Waals surface area contributed by atoms with Gasteiger partial charge in [-0.05, 0) is 56.6 Å². The molecule has 0 atom stereocenters. The van der Waals surface area contributed by atoms with Crippen molar-refractivity contribution < 1.29 is 13.6 Å². The van der Waals surface area contributed by atoms with E-state index in [0.29, 0.717) is 30.1 Å². The summed E-state index contributed by atoms with van der Waals surface area (Å²) in [6.45, 7) is 2.70. The Hall–Kier alpha value is -2.14. The molecule has 0 unspecified atom stereocenters. The summed E-state index contributed by atoms with van der Waals surface area (Å²) in [5.41, 5.74) is 0.451. The second-order valence-electron chi connectivity index (χ2n) is 6.63. The Morgan fingerprint density at radius 3 is 2.72 bits per heavy atom. The van der Waals surface area contributed by atoms with Crippen LogP contribution in [0.25, 0.3) is 11.3 Å². The molecule has 0 radical (unpaired) electrons. The maximum atomic E-state index is 13.8. The maximum Gasteiger partial charge on any atom is 0.223 e. The van der Waals surface area contributed by atoms with E-state index in [-0.39, 0.29) is 11.7 Å². The Morgan fingerprint density at radius 2 is 2.00 bits per heavy atom. The first-order valence-corrected chi connectivity index (χ1v) is 8.93. The van der Waals surface area contributed by atoms with Crippen molar-refractivity contribution in [1.82, 2.24) is 10.2 Å². The van der Waals surface area contributed by atoms with E-state index in [9.17, 15) is 9.18 Å². The Kier molecular flexibility index (Phi) is 5.87. The summed E-state index contributed by atoms with van der Waals surface area (Å²) in [5.74, 6) is 1.77. The topological polar surface area (TPSA) is 45.5 Å². The van der Waals surface area contributed by atoms with Gasteiger partial charge in [0.25, 0.3) is 0 Å². The SMILES string of the molecule is CNCC1CCN(C(=O)CCc2ccc(-c3ccccc3F)o2)CC1. The smallest absolute Gasteiger partial charge is 0.223 e. The van der Waals surface area contributed by atoms with E-state index in [1.54, 1.807) is 24.3 Å². The fraction of sp³-hybridized carbons (Fsp3) is 0.450. The monoisotopic (exact) mass is 344 g/mol. The number of halogens is 1. The average Bonchev–Trinajstić information content (AvgIpc) is 3.10. The normalized spacial score (nSPS) is 15.5. The van der Waals surface area contributed by atoms with Crippen molar-refractivity contribution in [3.63, 3.8) is 0 Å². The molecule has 4 nitrogen and oxygen atoms in total. The summed E-state index contributed by atoms with van der Waals surface area (Å²) in [7, 11) is 1.97. The lowest BCUT2D eigenvalue weighted by Crippen LogP contribution is -2.40. The van der Waals surface area contributed by atoms with Crippen LogP contribution >= 0.6 is 0 Å². The molecule has 3 rings (SSSR count). The Morgan fingerprint density at radius 1 is 1.24 bits per heavy atom. The number of benzene rings is 1. The van der Waals surface area contributed by atoms with Crippen LogP contribution in [0.5, 0.6) is 0 Å². The van der Waals surface area contributed by atoms with Gasteiger partial charge in [-0.15, -0.1) is 0 Å². The third-order valence-electron chi connectivity index (χ3n) is 4.85. The summed E-state index contributed by atoms with van der Waals surface area (Å²) in [6.07, 6.45) is 3.10. The minimum atomic E-state index is -0.302. The van der Waals surface area contributed by atoms with Crippen LogP contribution in [0.3, 0.4) is 0 Å². The van der Waals surface area contributed by atoms with E-state index < -0.39 is 0 Å². The highest BCUT2D eigenvalue weighted by Gasteiger charge is 2.22. The molecule has 5 heteroatoms. The molecule has 1 aromatic carbocycles. The molecule has 0 spiro atoms. The van der Waals surface area contributed by atoms with E-state index in [2.05, 4.69) is 5.32 Å². The van der Waals surface area contributed by atoms with Crippen molar-refractivity contribution in [2.75, 3.05) is 26.7 Å². The van der Waals surface area contributed by atoms with E-state index in [4.69, 9.17) is 4.42 Å². The lowest BCUT2D eigenvalue weighted by atomic mass is 9.96. The second-order valence-corrected chi connectivity index (χ2v) is 6.63. The first kappa shape index (κ1) is 17.7. The van der Waals surface area contributed by atoms with Gasteiger partial charge in [-0.25, -0.2) is 4.39 Å². The standard InChI is InChI=1S/C20H25FN2O2/c1-22-14-15-10-12-23(13-11-15)20(24)9-7-16-6-8-19(25-16)17-4-2-3-5-18(17)21/h2-6,8,15,22H,7,9-14H2,1H3. The summed E-state index contributed by atoms with van der Waals surface area (Å²) in [5, 5.41) is 3.21. The van der Waals surface area contributed by atoms with Gasteiger partial charge in [-0.1, -0.05) is 12.1 Å². The van der Waals surface area contributed by atoms with Gasteiger partial charge in [0, 0.05) is 25.9 Å². The zero-order chi connectivity index (χ0) is 17.6. The molecule has 0 aliphatic carbocycles. The molecule has 2 heterocycles. The molecule has 1 fully saturated rings. The van der Waals surface area contributed by atoms with Crippen LogP contribution in [0.4, 0.5) is 4.39 Å². The van der Waals surface area contributed by atoms with Crippen molar-refractivity contribution in [1.29, 1.82) is 0 Å². The fourth-order valence-corrected chi connectivity index (χ4v) is 3.38. The Bertz CT molecular complexity index is 705. The number of aryl methyl sites for hydroxylation is 1. The van der Waals surface area contributed by atoms with Crippen LogP contribution in [0.1, 0.15) is 25.0 Å². The molecule has 0 saturated carbocycles. The largest absolute Gasteiger partial charge is 0.461 e. The average molecular weight is 344 g/mol. The van der Waals surface area contributed by atoms with E-state index in [1.165, 1.54) is 6.07 Å². The van der Waals surface area contributed by atoms with Crippen LogP contribution in [0.2, 0.25) is 0 Å². The number of furan rings is 1. The number of hydrogen-bond acceptors (Lipinski definition) is 3. The van der Waals surface area contributed by atoms with Crippen LogP contribution < -0.4 is 5.32 Å². The molecule has 134 valence electrons. The van der Waals surface area contributed by atoms with Gasteiger partial charge in [0.15, 0.2) is 0 Å². The number of likely N-dealkylation sites (tertiary alicyclic amines) is 1. The highest BCUT2D eigenvalue weighted by atomic mass is 19.1. The molecule has 1 aromatic heterocycles. The van der Waals surface area contributed by atoms with E-state index in [1.807, 2.05) is 18.0 Å². The van der Waals surface area contributed by atoms with E-state index >= 15 is 0 Å². The predicted molar refractivity (Wildman–Crippen MR) is 95.7 cm³/mol. The van der Waals surface area contributed by atoms with Crippen LogP contribution in [0.15, 0.2) is 40.8 Å². The first-order chi connectivity index (χ1) is 12.2. The molecular formula is C20H25FN2O2. The summed E-state index contributed by atoms with van der Waals surface area (Å²) >= 11 is 0. The van der Waals surface area contributed by atoms with Crippen molar-refractivity contribution in [3.05, 3.63) is 48.0 Å². The fourth-order valence-electron chi connectivity index (χ4n) is 3.38. The molecule has 1 N–H and O–H groups in total. The molecule has 1 aliphatic rings. The predicted octanol–water partition coefficient (Wildman–Crippen LogP) is 3.48. The number of rotatable bonds is 6. The molecule has 25 heavy (non-hydrogen) atoms. The molecule has 1 saturated heterocycles. The first-order valence-electron chi connectivity index (χ1n) is 8.93. The number of carbonyl (C=O) groups is 1. The van der Waals surface area contributed by atoms with Gasteiger partial charge in [-0.2, -0.15) is 0 Å². The number of amides is 1. The number of nitrogens with one attached hydrogen (secondary N) is 1. The van der Waals surface area contributed by atoms with Gasteiger partial charge < -0.3 is 14.6 Å². The third-order valence-corrected chi connectivity index (χ3v) is 4.85. The van der Waals surface area contributed by atoms with Crippen LogP contribution in [0, 0.1) is 11.7 Å². The van der Waals surface area contributed by atoms with Crippen molar-refractivity contribution in [3.8, 4) is 11.3 Å². The minimum absolute atomic E-state index is 0.173. The maximum absolute atomic E-state index is 13.8. The molecule has 0 bridgehead atoms. The summed E-state index contributed by atoms with van der Waals surface area (Å²) < 4.78 is 19.5. The number of piperidine rings is 1. The third kappa shape index (κ3) is 4.48. The van der Waals surface area contributed by atoms with Gasteiger partial charge in [0.2, 0.25) is 5.91 Å². The van der Waals surface area contributed by atoms with Crippen molar-refractivity contribution in [2.24, 2.45) is 5.92 Å². The zero-order valence-corrected chi connectivity index (χ0v) is 14.6. The number of nitrogens with zero attached hydrogens (tertiary/aromatic N) is 1. The number of carbonyl (C=O) groups excluding carboxylic acids is 1. The van der Waals surface area contributed by atoms with E-state index in [0.717, 1.165) is 38.2 Å². The quantitative estimate of drug-likeness (QED) is 0.873. The highest BCUT2D eigenvalue weighted by Crippen LogP contribution is 2.25. The second kappa shape index (κ2) is 8.30.